The highest BCUT2D eigenvalue weighted by atomic mass is 35.5. The first-order valence-corrected chi connectivity index (χ1v) is 8.00. The summed E-state index contributed by atoms with van der Waals surface area (Å²) in [5, 5.41) is 3.23. The highest BCUT2D eigenvalue weighted by Gasteiger charge is 2.37. The Bertz CT molecular complexity index is 861. The van der Waals surface area contributed by atoms with E-state index in [1.165, 1.54) is 13.2 Å². The van der Waals surface area contributed by atoms with E-state index in [-0.39, 0.29) is 11.3 Å². The van der Waals surface area contributed by atoms with Crippen LogP contribution in [0.25, 0.3) is 5.57 Å². The van der Waals surface area contributed by atoms with Crippen LogP contribution in [0.5, 0.6) is 0 Å². The fraction of sp³-hybridized carbons (Fsp3) is 0.158. The van der Waals surface area contributed by atoms with Crippen LogP contribution >= 0.6 is 11.6 Å². The number of benzene rings is 2. The summed E-state index contributed by atoms with van der Waals surface area (Å²) in [4.78, 5) is 24.8. The van der Waals surface area contributed by atoms with E-state index < -0.39 is 12.1 Å². The summed E-state index contributed by atoms with van der Waals surface area (Å²) in [7, 11) is 2.96. The Morgan fingerprint density at radius 3 is 2.56 bits per heavy atom. The number of esters is 1. The van der Waals surface area contributed by atoms with Crippen LogP contribution in [0.4, 0.5) is 0 Å². The van der Waals surface area contributed by atoms with Crippen molar-refractivity contribution in [2.45, 2.75) is 6.10 Å². The maximum atomic E-state index is 13.0. The van der Waals surface area contributed by atoms with Gasteiger partial charge in [0.05, 0.1) is 18.2 Å². The molecule has 1 aliphatic rings. The molecule has 0 saturated heterocycles. The van der Waals surface area contributed by atoms with E-state index in [0.717, 1.165) is 5.56 Å². The van der Waals surface area contributed by atoms with Crippen molar-refractivity contribution in [3.05, 3.63) is 76.1 Å². The lowest BCUT2D eigenvalue weighted by Crippen LogP contribution is -2.10. The molecule has 0 amide bonds. The standard InChI is InChI=1S/C19H16ClNO4/c1-21-18-15(12-8-13(19(23)24-2)10-14(20)9-12)16(22)17(25-18)11-6-4-3-5-7-11/h3-10,17,21H,1-2H3. The van der Waals surface area contributed by atoms with Crippen LogP contribution in [0.2, 0.25) is 5.02 Å². The van der Waals surface area contributed by atoms with Gasteiger partial charge in [0.15, 0.2) is 12.0 Å². The molecule has 0 saturated carbocycles. The molecule has 1 unspecified atom stereocenters. The van der Waals surface area contributed by atoms with E-state index in [0.29, 0.717) is 22.0 Å². The Labute approximate surface area is 150 Å². The van der Waals surface area contributed by atoms with Crippen molar-refractivity contribution in [1.29, 1.82) is 0 Å². The summed E-state index contributed by atoms with van der Waals surface area (Å²) >= 11 is 6.12. The number of methoxy groups -OCH3 is 1. The van der Waals surface area contributed by atoms with Gasteiger partial charge in [0, 0.05) is 17.6 Å². The smallest absolute Gasteiger partial charge is 0.337 e. The average molecular weight is 358 g/mol. The Morgan fingerprint density at radius 2 is 1.92 bits per heavy atom. The second kappa shape index (κ2) is 6.99. The SMILES string of the molecule is CNC1=C(c2cc(Cl)cc(C(=O)OC)c2)C(=O)C(c2ccccc2)O1. The highest BCUT2D eigenvalue weighted by molar-refractivity contribution is 6.32. The fourth-order valence-corrected chi connectivity index (χ4v) is 2.98. The minimum Gasteiger partial charge on any atom is -0.465 e. The van der Waals surface area contributed by atoms with Crippen molar-refractivity contribution >= 4 is 28.9 Å². The number of carbonyl (C=O) groups excluding carboxylic acids is 2. The first-order valence-electron chi connectivity index (χ1n) is 7.62. The van der Waals surface area contributed by atoms with Crippen molar-refractivity contribution in [2.24, 2.45) is 0 Å². The summed E-state index contributed by atoms with van der Waals surface area (Å²) in [5.74, 6) is -0.383. The molecule has 6 heteroatoms. The minimum atomic E-state index is -0.737. The molecule has 1 atom stereocenters. The predicted octanol–water partition coefficient (Wildman–Crippen LogP) is 3.36. The molecule has 0 spiro atoms. The van der Waals surface area contributed by atoms with Gasteiger partial charge < -0.3 is 14.8 Å². The maximum Gasteiger partial charge on any atom is 0.337 e. The molecule has 0 radical (unpaired) electrons. The number of rotatable bonds is 4. The third-order valence-corrected chi connectivity index (χ3v) is 4.10. The lowest BCUT2D eigenvalue weighted by Gasteiger charge is -2.11. The third kappa shape index (κ3) is 3.23. The van der Waals surface area contributed by atoms with Gasteiger partial charge in [-0.05, 0) is 23.8 Å². The zero-order valence-corrected chi connectivity index (χ0v) is 14.5. The van der Waals surface area contributed by atoms with Crippen molar-refractivity contribution < 1.29 is 19.1 Å². The van der Waals surface area contributed by atoms with Gasteiger partial charge in [-0.25, -0.2) is 4.79 Å². The van der Waals surface area contributed by atoms with Crippen molar-refractivity contribution in [3.63, 3.8) is 0 Å². The predicted molar refractivity (Wildman–Crippen MR) is 94.0 cm³/mol. The third-order valence-electron chi connectivity index (χ3n) is 3.88. The number of carbonyl (C=O) groups is 2. The highest BCUT2D eigenvalue weighted by Crippen LogP contribution is 2.37. The fourth-order valence-electron chi connectivity index (χ4n) is 2.75. The average Bonchev–Trinajstić information content (AvgIpc) is 2.97. The summed E-state index contributed by atoms with van der Waals surface area (Å²) in [6.07, 6.45) is -0.737. The largest absolute Gasteiger partial charge is 0.465 e. The molecule has 0 aliphatic carbocycles. The van der Waals surface area contributed by atoms with Crippen LogP contribution in [0.3, 0.4) is 0 Å². The zero-order valence-electron chi connectivity index (χ0n) is 13.7. The van der Waals surface area contributed by atoms with E-state index in [1.54, 1.807) is 19.2 Å². The molecule has 0 bridgehead atoms. The second-order valence-electron chi connectivity index (χ2n) is 5.45. The molecule has 0 fully saturated rings. The van der Waals surface area contributed by atoms with E-state index in [9.17, 15) is 9.59 Å². The second-order valence-corrected chi connectivity index (χ2v) is 5.88. The van der Waals surface area contributed by atoms with E-state index in [1.807, 2.05) is 30.3 Å². The van der Waals surface area contributed by atoms with Gasteiger partial charge in [-0.1, -0.05) is 41.9 Å². The Balaban J connectivity index is 2.05. The molecule has 0 aromatic heterocycles. The van der Waals surface area contributed by atoms with Crippen LogP contribution in [0.15, 0.2) is 54.4 Å². The summed E-state index contributed by atoms with van der Waals surface area (Å²) < 4.78 is 10.5. The number of halogens is 1. The number of ether oxygens (including phenoxy) is 2. The number of Topliss-reactive ketones (excluding diaryl/α,β-unsaturated/α-hetero) is 1. The maximum absolute atomic E-state index is 13.0. The Kier molecular flexibility index (Phi) is 4.76. The molecule has 2 aromatic rings. The van der Waals surface area contributed by atoms with Crippen LogP contribution in [0, 0.1) is 0 Å². The number of nitrogens with one attached hydrogen (secondary N) is 1. The van der Waals surface area contributed by atoms with Crippen molar-refractivity contribution in [3.8, 4) is 0 Å². The zero-order chi connectivity index (χ0) is 18.0. The molecule has 3 rings (SSSR count). The molecule has 25 heavy (non-hydrogen) atoms. The van der Waals surface area contributed by atoms with Crippen LogP contribution in [-0.4, -0.2) is 25.9 Å². The molecule has 128 valence electrons. The molecule has 2 aromatic carbocycles. The van der Waals surface area contributed by atoms with Crippen LogP contribution in [0.1, 0.15) is 27.6 Å². The van der Waals surface area contributed by atoms with Gasteiger partial charge in [-0.3, -0.25) is 4.79 Å². The summed E-state index contributed by atoms with van der Waals surface area (Å²) in [6, 6.07) is 13.9. The van der Waals surface area contributed by atoms with E-state index in [4.69, 9.17) is 21.1 Å². The molecule has 1 heterocycles. The molecular formula is C19H16ClNO4. The summed E-state index contributed by atoms with van der Waals surface area (Å²) in [5.41, 5.74) is 1.87. The quantitative estimate of drug-likeness (QED) is 0.850. The number of hydrogen-bond donors (Lipinski definition) is 1. The number of ketones is 1. The lowest BCUT2D eigenvalue weighted by atomic mass is 9.96. The molecule has 1 N–H and O–H groups in total. The monoisotopic (exact) mass is 357 g/mol. The first-order chi connectivity index (χ1) is 12.0. The van der Waals surface area contributed by atoms with Crippen LogP contribution < -0.4 is 5.32 Å². The molecule has 5 nitrogen and oxygen atoms in total. The minimum absolute atomic E-state index is 0.200. The molecule has 1 aliphatic heterocycles. The Morgan fingerprint density at radius 1 is 1.20 bits per heavy atom. The van der Waals surface area contributed by atoms with Gasteiger partial charge in [0.25, 0.3) is 0 Å². The topological polar surface area (TPSA) is 64.6 Å². The van der Waals surface area contributed by atoms with E-state index in [2.05, 4.69) is 5.32 Å². The first kappa shape index (κ1) is 17.0. The summed E-state index contributed by atoms with van der Waals surface area (Å²) in [6.45, 7) is 0. The molecular weight excluding hydrogens is 342 g/mol. The van der Waals surface area contributed by atoms with Crippen LogP contribution in [-0.2, 0) is 14.3 Å². The van der Waals surface area contributed by atoms with Gasteiger partial charge >= 0.3 is 5.97 Å². The van der Waals surface area contributed by atoms with Gasteiger partial charge in [-0.15, -0.1) is 0 Å². The van der Waals surface area contributed by atoms with Gasteiger partial charge in [0.1, 0.15) is 0 Å². The van der Waals surface area contributed by atoms with Crippen molar-refractivity contribution in [2.75, 3.05) is 14.2 Å². The number of hydrogen-bond acceptors (Lipinski definition) is 5. The van der Waals surface area contributed by atoms with E-state index >= 15 is 0 Å². The van der Waals surface area contributed by atoms with Gasteiger partial charge in [-0.2, -0.15) is 0 Å². The van der Waals surface area contributed by atoms with Crippen molar-refractivity contribution in [1.82, 2.24) is 5.32 Å². The Hall–Kier alpha value is -2.79. The normalized spacial score (nSPS) is 16.6. The lowest BCUT2D eigenvalue weighted by molar-refractivity contribution is -0.120. The van der Waals surface area contributed by atoms with Gasteiger partial charge in [0.2, 0.25) is 5.78 Å².